The molecule has 1 aromatic rings. The van der Waals surface area contributed by atoms with E-state index >= 15 is 0 Å². The van der Waals surface area contributed by atoms with Crippen LogP contribution in [0, 0.1) is 0 Å². The number of hydrogen-bond acceptors (Lipinski definition) is 0. The van der Waals surface area contributed by atoms with Crippen LogP contribution in [0.3, 0.4) is 0 Å². The predicted molar refractivity (Wildman–Crippen MR) is 76.0 cm³/mol. The lowest BCUT2D eigenvalue weighted by Gasteiger charge is -2.28. The lowest BCUT2D eigenvalue weighted by molar-refractivity contribution is -0.913. The molecule has 0 radical (unpaired) electrons. The van der Waals surface area contributed by atoms with Gasteiger partial charge in [0, 0.05) is 18.4 Å². The molecule has 2 nitrogen and oxygen atoms in total. The molecule has 0 atom stereocenters. The fourth-order valence-electron chi connectivity index (χ4n) is 3.16. The van der Waals surface area contributed by atoms with E-state index in [1.807, 2.05) is 0 Å². The lowest BCUT2D eigenvalue weighted by Crippen LogP contribution is -3.14. The molecule has 0 spiro atoms. The number of nitrogens with two attached hydrogens (primary N) is 1. The van der Waals surface area contributed by atoms with Crippen LogP contribution in [0.5, 0.6) is 0 Å². The fourth-order valence-corrected chi connectivity index (χ4v) is 3.16. The van der Waals surface area contributed by atoms with Gasteiger partial charge in [-0.3, -0.25) is 0 Å². The highest BCUT2D eigenvalue weighted by Crippen LogP contribution is 2.31. The van der Waals surface area contributed by atoms with Gasteiger partial charge in [-0.1, -0.05) is 25.1 Å². The highest BCUT2D eigenvalue weighted by Gasteiger charge is 2.33. The third-order valence-electron chi connectivity index (χ3n) is 4.33. The minimum absolute atomic E-state index is 0.397. The van der Waals surface area contributed by atoms with Crippen molar-refractivity contribution < 1.29 is 23.4 Å². The summed E-state index contributed by atoms with van der Waals surface area (Å²) in [6.45, 7) is 6.12. The minimum atomic E-state index is -4.25. The van der Waals surface area contributed by atoms with Crippen molar-refractivity contribution in [2.24, 2.45) is 0 Å². The molecule has 1 heterocycles. The fraction of sp³-hybridized carbons (Fsp3) is 0.625. The minimum Gasteiger partial charge on any atom is -0.340 e. The maximum atomic E-state index is 12.9. The molecule has 1 aromatic carbocycles. The van der Waals surface area contributed by atoms with E-state index in [-0.39, 0.29) is 0 Å². The molecule has 1 aliphatic rings. The van der Waals surface area contributed by atoms with Gasteiger partial charge in [0.05, 0.1) is 31.2 Å². The number of benzene rings is 1. The van der Waals surface area contributed by atoms with Crippen LogP contribution in [0.1, 0.15) is 37.3 Å². The average Bonchev–Trinajstić information content (AvgIpc) is 2.46. The molecular formula is C16H25F3N2+2. The number of likely N-dealkylation sites (tertiary alicyclic amines) is 1. The highest BCUT2D eigenvalue weighted by atomic mass is 19.4. The molecule has 1 fully saturated rings. The Balaban J connectivity index is 1.87. The van der Waals surface area contributed by atoms with Gasteiger partial charge in [-0.15, -0.1) is 0 Å². The molecule has 0 saturated carbocycles. The van der Waals surface area contributed by atoms with Crippen molar-refractivity contribution >= 4 is 0 Å². The Morgan fingerprint density at radius 1 is 1.19 bits per heavy atom. The molecule has 1 aliphatic heterocycles. The van der Waals surface area contributed by atoms with Gasteiger partial charge in [0.2, 0.25) is 0 Å². The van der Waals surface area contributed by atoms with Gasteiger partial charge in [-0.2, -0.15) is 13.2 Å². The maximum absolute atomic E-state index is 12.9. The first-order valence-electron chi connectivity index (χ1n) is 7.82. The quantitative estimate of drug-likeness (QED) is 0.816. The van der Waals surface area contributed by atoms with Crippen molar-refractivity contribution in [1.29, 1.82) is 0 Å². The normalized spacial score (nSPS) is 23.2. The standard InChI is InChI=1S/C16H23F3N2/c1-2-9-21-10-7-14(8-11-21)20-12-13-5-3-4-6-15(13)16(17,18)19/h3-6,14,20H,2,7-12H2,1H3/p+2. The van der Waals surface area contributed by atoms with Crippen LogP contribution in [0.15, 0.2) is 24.3 Å². The van der Waals surface area contributed by atoms with Crippen molar-refractivity contribution in [2.75, 3.05) is 19.6 Å². The molecule has 0 unspecified atom stereocenters. The van der Waals surface area contributed by atoms with Gasteiger partial charge in [0.1, 0.15) is 6.54 Å². The summed E-state index contributed by atoms with van der Waals surface area (Å²) in [5.41, 5.74) is -0.0939. The van der Waals surface area contributed by atoms with E-state index in [1.165, 1.54) is 25.1 Å². The van der Waals surface area contributed by atoms with E-state index in [9.17, 15) is 13.2 Å². The third-order valence-corrected chi connectivity index (χ3v) is 4.33. The van der Waals surface area contributed by atoms with E-state index in [1.54, 1.807) is 17.0 Å². The largest absolute Gasteiger partial charge is 0.416 e. The van der Waals surface area contributed by atoms with E-state index in [4.69, 9.17) is 0 Å². The molecule has 0 aromatic heterocycles. The first kappa shape index (κ1) is 16.3. The smallest absolute Gasteiger partial charge is 0.340 e. The molecule has 0 amide bonds. The van der Waals surface area contributed by atoms with Crippen LogP contribution in [0.4, 0.5) is 13.2 Å². The second kappa shape index (κ2) is 7.27. The summed E-state index contributed by atoms with van der Waals surface area (Å²) in [7, 11) is 0. The maximum Gasteiger partial charge on any atom is 0.416 e. The molecule has 118 valence electrons. The first-order valence-corrected chi connectivity index (χ1v) is 7.82. The Kier molecular flexibility index (Phi) is 5.65. The van der Waals surface area contributed by atoms with E-state index in [0.29, 0.717) is 18.2 Å². The Labute approximate surface area is 124 Å². The number of quaternary nitrogens is 2. The molecule has 5 heteroatoms. The predicted octanol–water partition coefficient (Wildman–Crippen LogP) is 1.23. The van der Waals surface area contributed by atoms with E-state index < -0.39 is 11.7 Å². The summed E-state index contributed by atoms with van der Waals surface area (Å²) in [5, 5.41) is 2.09. The number of nitrogens with one attached hydrogen (secondary N) is 1. The van der Waals surface area contributed by atoms with Crippen molar-refractivity contribution in [3.63, 3.8) is 0 Å². The third kappa shape index (κ3) is 4.71. The molecule has 1 saturated heterocycles. The first-order chi connectivity index (χ1) is 10.0. The SMILES string of the molecule is CCC[NH+]1CCC([NH2+]Cc2ccccc2C(F)(F)F)CC1. The molecule has 21 heavy (non-hydrogen) atoms. The van der Waals surface area contributed by atoms with Gasteiger partial charge >= 0.3 is 6.18 Å². The lowest BCUT2D eigenvalue weighted by atomic mass is 10.0. The Hall–Kier alpha value is -1.07. The highest BCUT2D eigenvalue weighted by molar-refractivity contribution is 5.28. The Bertz CT molecular complexity index is 437. The summed E-state index contributed by atoms with van der Waals surface area (Å²) in [6, 6.07) is 6.38. The van der Waals surface area contributed by atoms with Crippen molar-refractivity contribution in [3.05, 3.63) is 35.4 Å². The van der Waals surface area contributed by atoms with Crippen molar-refractivity contribution in [3.8, 4) is 0 Å². The molecule has 0 aliphatic carbocycles. The van der Waals surface area contributed by atoms with E-state index in [2.05, 4.69) is 12.2 Å². The van der Waals surface area contributed by atoms with E-state index in [0.717, 1.165) is 25.9 Å². The molecular weight excluding hydrogens is 277 g/mol. The number of rotatable bonds is 5. The monoisotopic (exact) mass is 302 g/mol. The van der Waals surface area contributed by atoms with Crippen LogP contribution in [0.2, 0.25) is 0 Å². The summed E-state index contributed by atoms with van der Waals surface area (Å²) in [5.74, 6) is 0. The zero-order valence-electron chi connectivity index (χ0n) is 12.5. The molecule has 2 rings (SSSR count). The topological polar surface area (TPSA) is 21.1 Å². The van der Waals surface area contributed by atoms with Crippen molar-refractivity contribution in [1.82, 2.24) is 0 Å². The number of hydrogen-bond donors (Lipinski definition) is 2. The van der Waals surface area contributed by atoms with Crippen LogP contribution in [-0.2, 0) is 12.7 Å². The van der Waals surface area contributed by atoms with Gasteiger partial charge < -0.3 is 10.2 Å². The van der Waals surface area contributed by atoms with Crippen LogP contribution in [-0.4, -0.2) is 25.7 Å². The number of halogens is 3. The Morgan fingerprint density at radius 3 is 2.48 bits per heavy atom. The zero-order valence-corrected chi connectivity index (χ0v) is 12.5. The van der Waals surface area contributed by atoms with Crippen LogP contribution >= 0.6 is 0 Å². The summed E-state index contributed by atoms with van der Waals surface area (Å²) < 4.78 is 38.8. The number of piperidine rings is 1. The summed E-state index contributed by atoms with van der Waals surface area (Å²) in [4.78, 5) is 1.64. The van der Waals surface area contributed by atoms with Gasteiger partial charge in [-0.25, -0.2) is 0 Å². The van der Waals surface area contributed by atoms with Gasteiger partial charge in [0.25, 0.3) is 0 Å². The molecule has 3 N–H and O–H groups in total. The van der Waals surface area contributed by atoms with Gasteiger partial charge in [0.15, 0.2) is 0 Å². The van der Waals surface area contributed by atoms with Crippen LogP contribution < -0.4 is 10.2 Å². The zero-order chi connectivity index (χ0) is 15.3. The summed E-state index contributed by atoms with van der Waals surface area (Å²) >= 11 is 0. The summed E-state index contributed by atoms with van der Waals surface area (Å²) in [6.07, 6.45) is -0.852. The Morgan fingerprint density at radius 2 is 1.86 bits per heavy atom. The average molecular weight is 302 g/mol. The molecule has 0 bridgehead atoms. The number of alkyl halides is 3. The van der Waals surface area contributed by atoms with Gasteiger partial charge in [-0.05, 0) is 12.5 Å². The second-order valence-corrected chi connectivity index (χ2v) is 5.93. The van der Waals surface area contributed by atoms with Crippen molar-refractivity contribution in [2.45, 2.75) is 44.9 Å². The van der Waals surface area contributed by atoms with Crippen LogP contribution in [0.25, 0.3) is 0 Å². The second-order valence-electron chi connectivity index (χ2n) is 5.93.